The Balaban J connectivity index is 1.29. The molecule has 0 fully saturated rings. The third kappa shape index (κ3) is 6.38. The maximum absolute atomic E-state index is 12.2. The normalized spacial score (nSPS) is 10.9. The molecule has 0 unspecified atom stereocenters. The molecular weight excluding hydrogens is 426 g/mol. The number of fused-ring (bicyclic) bond motifs is 1. The van der Waals surface area contributed by atoms with E-state index in [4.69, 9.17) is 14.5 Å². The van der Waals surface area contributed by atoms with Crippen LogP contribution in [0.3, 0.4) is 0 Å². The monoisotopic (exact) mass is 457 g/mol. The van der Waals surface area contributed by atoms with E-state index < -0.39 is 0 Å². The van der Waals surface area contributed by atoms with E-state index in [1.54, 1.807) is 0 Å². The summed E-state index contributed by atoms with van der Waals surface area (Å²) in [6.45, 7) is 4.07. The number of para-hydroxylation sites is 3. The fourth-order valence-corrected chi connectivity index (χ4v) is 3.83. The molecule has 0 aliphatic heterocycles. The Hall–Kier alpha value is -3.80. The van der Waals surface area contributed by atoms with E-state index in [0.717, 1.165) is 42.0 Å². The topological polar surface area (TPSA) is 65.4 Å². The molecule has 0 aliphatic rings. The van der Waals surface area contributed by atoms with Crippen molar-refractivity contribution < 1.29 is 14.3 Å². The number of hydrogen-bond acceptors (Lipinski definition) is 4. The second-order valence-electron chi connectivity index (χ2n) is 8.07. The lowest BCUT2D eigenvalue weighted by Crippen LogP contribution is -2.31. The van der Waals surface area contributed by atoms with Crippen LogP contribution in [0.2, 0.25) is 0 Å². The van der Waals surface area contributed by atoms with Crippen molar-refractivity contribution in [3.63, 3.8) is 0 Å². The quantitative estimate of drug-likeness (QED) is 0.310. The van der Waals surface area contributed by atoms with Gasteiger partial charge in [0.05, 0.1) is 17.6 Å². The number of aryl methyl sites for hydroxylation is 2. The number of carbonyl (C=O) groups is 1. The summed E-state index contributed by atoms with van der Waals surface area (Å²) >= 11 is 0. The number of nitrogens with zero attached hydrogens (tertiary/aromatic N) is 2. The van der Waals surface area contributed by atoms with Crippen LogP contribution in [0.4, 0.5) is 0 Å². The highest BCUT2D eigenvalue weighted by Crippen LogP contribution is 2.18. The summed E-state index contributed by atoms with van der Waals surface area (Å²) in [7, 11) is 0. The van der Waals surface area contributed by atoms with Gasteiger partial charge in [0.2, 0.25) is 0 Å². The Morgan fingerprint density at radius 2 is 1.65 bits per heavy atom. The van der Waals surface area contributed by atoms with Gasteiger partial charge in [-0.25, -0.2) is 4.98 Å². The highest BCUT2D eigenvalue weighted by molar-refractivity contribution is 5.77. The number of aromatic nitrogens is 2. The minimum Gasteiger partial charge on any atom is -0.494 e. The van der Waals surface area contributed by atoms with Crippen molar-refractivity contribution in [2.45, 2.75) is 32.7 Å². The lowest BCUT2D eigenvalue weighted by Gasteiger charge is -2.11. The predicted molar refractivity (Wildman–Crippen MR) is 134 cm³/mol. The van der Waals surface area contributed by atoms with Crippen molar-refractivity contribution in [1.82, 2.24) is 14.9 Å². The average molecular weight is 458 g/mol. The molecule has 3 aromatic carbocycles. The van der Waals surface area contributed by atoms with E-state index >= 15 is 0 Å². The van der Waals surface area contributed by atoms with E-state index in [0.29, 0.717) is 25.3 Å². The van der Waals surface area contributed by atoms with E-state index in [2.05, 4.69) is 35.0 Å². The number of imidazole rings is 1. The molecule has 34 heavy (non-hydrogen) atoms. The summed E-state index contributed by atoms with van der Waals surface area (Å²) in [5, 5.41) is 2.93. The Morgan fingerprint density at radius 3 is 2.44 bits per heavy atom. The molecule has 1 N–H and O–H groups in total. The minimum absolute atomic E-state index is 0.00297. The Kier molecular flexibility index (Phi) is 8.17. The van der Waals surface area contributed by atoms with Crippen molar-refractivity contribution in [1.29, 1.82) is 0 Å². The molecule has 4 rings (SSSR count). The lowest BCUT2D eigenvalue weighted by molar-refractivity contribution is -0.123. The van der Waals surface area contributed by atoms with Crippen molar-refractivity contribution >= 4 is 16.9 Å². The van der Waals surface area contributed by atoms with Crippen LogP contribution in [0, 0.1) is 0 Å². The van der Waals surface area contributed by atoms with Gasteiger partial charge in [-0.05, 0) is 54.8 Å². The first-order valence-electron chi connectivity index (χ1n) is 11.8. The number of ether oxygens (including phenoxy) is 2. The molecule has 176 valence electrons. The van der Waals surface area contributed by atoms with E-state index in [1.165, 1.54) is 5.56 Å². The second-order valence-corrected chi connectivity index (χ2v) is 8.07. The largest absolute Gasteiger partial charge is 0.494 e. The maximum atomic E-state index is 12.2. The zero-order valence-electron chi connectivity index (χ0n) is 19.6. The van der Waals surface area contributed by atoms with Crippen molar-refractivity contribution in [3.05, 3.63) is 90.3 Å². The van der Waals surface area contributed by atoms with Gasteiger partial charge in [0.25, 0.3) is 5.91 Å². The molecule has 1 aromatic heterocycles. The van der Waals surface area contributed by atoms with Gasteiger partial charge in [0, 0.05) is 19.5 Å². The molecule has 0 bridgehead atoms. The molecule has 0 radical (unpaired) electrons. The Morgan fingerprint density at radius 1 is 0.912 bits per heavy atom. The van der Waals surface area contributed by atoms with Gasteiger partial charge in [-0.3, -0.25) is 4.79 Å². The molecule has 0 aliphatic carbocycles. The molecule has 4 aromatic rings. The minimum atomic E-state index is -0.144. The third-order valence-corrected chi connectivity index (χ3v) is 5.64. The second kappa shape index (κ2) is 11.9. The highest BCUT2D eigenvalue weighted by atomic mass is 16.5. The smallest absolute Gasteiger partial charge is 0.257 e. The van der Waals surface area contributed by atoms with Crippen molar-refractivity contribution in [3.8, 4) is 11.5 Å². The Labute approximate surface area is 200 Å². The van der Waals surface area contributed by atoms with Crippen LogP contribution in [0.15, 0.2) is 78.9 Å². The zero-order chi connectivity index (χ0) is 23.6. The van der Waals surface area contributed by atoms with Crippen molar-refractivity contribution in [2.75, 3.05) is 19.8 Å². The van der Waals surface area contributed by atoms with Gasteiger partial charge < -0.3 is 19.4 Å². The van der Waals surface area contributed by atoms with Crippen LogP contribution in [0.5, 0.6) is 11.5 Å². The van der Waals surface area contributed by atoms with E-state index in [9.17, 15) is 4.79 Å². The summed E-state index contributed by atoms with van der Waals surface area (Å²) < 4.78 is 13.7. The Bertz CT molecular complexity index is 1190. The van der Waals surface area contributed by atoms with E-state index in [-0.39, 0.29) is 12.5 Å². The summed E-state index contributed by atoms with van der Waals surface area (Å²) in [5.74, 6) is 2.39. The SMILES string of the molecule is CCc1ccc(OCCCn2c(CCNC(=O)COc3ccccc3)nc3ccccc32)cc1. The molecule has 1 amide bonds. The summed E-state index contributed by atoms with van der Waals surface area (Å²) in [4.78, 5) is 17.0. The fraction of sp³-hybridized carbons (Fsp3) is 0.286. The number of amides is 1. The van der Waals surface area contributed by atoms with Crippen LogP contribution < -0.4 is 14.8 Å². The number of nitrogens with one attached hydrogen (secondary N) is 1. The van der Waals surface area contributed by atoms with Gasteiger partial charge in [-0.1, -0.05) is 49.4 Å². The van der Waals surface area contributed by atoms with Gasteiger partial charge >= 0.3 is 0 Å². The van der Waals surface area contributed by atoms with Crippen LogP contribution in [-0.4, -0.2) is 35.2 Å². The molecule has 0 spiro atoms. The zero-order valence-corrected chi connectivity index (χ0v) is 19.6. The lowest BCUT2D eigenvalue weighted by atomic mass is 10.2. The average Bonchev–Trinajstić information content (AvgIpc) is 3.23. The summed E-state index contributed by atoms with van der Waals surface area (Å²) in [6, 6.07) is 25.7. The fourth-order valence-electron chi connectivity index (χ4n) is 3.83. The highest BCUT2D eigenvalue weighted by Gasteiger charge is 2.11. The van der Waals surface area contributed by atoms with Crippen LogP contribution >= 0.6 is 0 Å². The summed E-state index contributed by atoms with van der Waals surface area (Å²) in [5.41, 5.74) is 3.37. The van der Waals surface area contributed by atoms with Crippen LogP contribution in [0.1, 0.15) is 24.7 Å². The number of benzene rings is 3. The first-order chi connectivity index (χ1) is 16.7. The molecule has 1 heterocycles. The predicted octanol–water partition coefficient (Wildman–Crippen LogP) is 4.81. The maximum Gasteiger partial charge on any atom is 0.257 e. The summed E-state index contributed by atoms with van der Waals surface area (Å²) in [6.07, 6.45) is 2.53. The number of carbonyl (C=O) groups excluding carboxylic acids is 1. The molecule has 0 saturated heterocycles. The molecule has 6 nitrogen and oxygen atoms in total. The first-order valence-corrected chi connectivity index (χ1v) is 11.8. The van der Waals surface area contributed by atoms with Gasteiger partial charge in [-0.15, -0.1) is 0 Å². The van der Waals surface area contributed by atoms with Gasteiger partial charge in [-0.2, -0.15) is 0 Å². The molecule has 0 atom stereocenters. The van der Waals surface area contributed by atoms with Crippen LogP contribution in [-0.2, 0) is 24.2 Å². The first kappa shape index (κ1) is 23.4. The molecule has 0 saturated carbocycles. The van der Waals surface area contributed by atoms with E-state index in [1.807, 2.05) is 60.7 Å². The van der Waals surface area contributed by atoms with Crippen LogP contribution in [0.25, 0.3) is 11.0 Å². The standard InChI is InChI=1S/C28H31N3O3/c1-2-22-13-15-24(16-14-22)33-20-8-19-31-26-12-7-6-11-25(26)30-27(31)17-18-29-28(32)21-34-23-9-4-3-5-10-23/h3-7,9-16H,2,8,17-21H2,1H3,(H,29,32). The van der Waals surface area contributed by atoms with Gasteiger partial charge in [0.1, 0.15) is 17.3 Å². The third-order valence-electron chi connectivity index (χ3n) is 5.64. The van der Waals surface area contributed by atoms with Gasteiger partial charge in [0.15, 0.2) is 6.61 Å². The number of hydrogen-bond donors (Lipinski definition) is 1. The molecular formula is C28H31N3O3. The number of rotatable bonds is 12. The molecule has 6 heteroatoms. The van der Waals surface area contributed by atoms with Crippen molar-refractivity contribution in [2.24, 2.45) is 0 Å².